The zero-order chi connectivity index (χ0) is 99.7. The van der Waals surface area contributed by atoms with Crippen LogP contribution >= 0.6 is 0 Å². The number of aryl methyl sites for hydroxylation is 3. The Morgan fingerprint density at radius 1 is 0.417 bits per heavy atom. The highest BCUT2D eigenvalue weighted by atomic mass is 19.4. The normalized spacial score (nSPS) is 14.1. The molecule has 21 rings (SSSR count). The molecular weight excluding hydrogens is 1810 g/mol. The maximum Gasteiger partial charge on any atom is 0.573 e. The maximum atomic E-state index is 12.7. The van der Waals surface area contributed by atoms with Crippen LogP contribution in [0.5, 0.6) is 28.7 Å². The summed E-state index contributed by atoms with van der Waals surface area (Å²) in [5.41, 5.74) is 25.1. The highest BCUT2D eigenvalue weighted by Gasteiger charge is 2.35. The van der Waals surface area contributed by atoms with Crippen LogP contribution in [-0.4, -0.2) is 174 Å². The largest absolute Gasteiger partial charge is 0.573 e. The molecule has 2 unspecified atom stereocenters. The third-order valence-corrected chi connectivity index (χ3v) is 26.0. The number of halogens is 3. The molecule has 8 aromatic heterocycles. The van der Waals surface area contributed by atoms with Crippen molar-refractivity contribution < 1.29 is 36.9 Å². The number of alkyl halides is 3. The van der Waals surface area contributed by atoms with Crippen molar-refractivity contribution in [3.05, 3.63) is 341 Å². The summed E-state index contributed by atoms with van der Waals surface area (Å²) in [7, 11) is 18.4. The smallest absolute Gasteiger partial charge is 0.497 e. The molecule has 0 amide bonds. The predicted molar refractivity (Wildman–Crippen MR) is 566 cm³/mol. The van der Waals surface area contributed by atoms with Gasteiger partial charge in [-0.1, -0.05) is 85.5 Å². The van der Waals surface area contributed by atoms with Gasteiger partial charge in [0.25, 0.3) is 0 Å². The number of ether oxygens (including phenoxy) is 5. The number of nitrogens with one attached hydrogen (secondary N) is 1. The molecule has 10 aromatic carbocycles. The number of anilines is 9. The maximum absolute atomic E-state index is 12.7. The Morgan fingerprint density at radius 2 is 0.833 bits per heavy atom. The Labute approximate surface area is 836 Å². The van der Waals surface area contributed by atoms with Crippen LogP contribution in [0.4, 0.5) is 64.4 Å². The van der Waals surface area contributed by atoms with Crippen molar-refractivity contribution in [1.82, 2.24) is 84.0 Å². The van der Waals surface area contributed by atoms with Crippen LogP contribution in [0, 0.1) is 23.7 Å². The van der Waals surface area contributed by atoms with E-state index in [2.05, 4.69) is 248 Å². The van der Waals surface area contributed by atoms with Gasteiger partial charge in [0.05, 0.1) is 139 Å². The molecule has 3 aliphatic rings. The summed E-state index contributed by atoms with van der Waals surface area (Å²) < 4.78 is 72.3. The Kier molecular flexibility index (Phi) is 30.5. The van der Waals surface area contributed by atoms with Gasteiger partial charge < -0.3 is 58.1 Å². The summed E-state index contributed by atoms with van der Waals surface area (Å²) in [5, 5.41) is 15.8. The van der Waals surface area contributed by atoms with Crippen molar-refractivity contribution in [2.45, 2.75) is 58.0 Å². The second kappa shape index (κ2) is 45.0. The van der Waals surface area contributed by atoms with E-state index in [1.807, 2.05) is 130 Å². The number of nitrogens with zero attached hydrogens (tertiary/aromatic N) is 21. The van der Waals surface area contributed by atoms with E-state index in [0.717, 1.165) is 212 Å². The molecule has 9 heterocycles. The Balaban J connectivity index is 0.000000129. The van der Waals surface area contributed by atoms with Crippen molar-refractivity contribution in [2.75, 3.05) is 113 Å². The Morgan fingerprint density at radius 3 is 1.27 bits per heavy atom. The number of allylic oxidation sites excluding steroid dienone is 2. The predicted octanol–water partition coefficient (Wildman–Crippen LogP) is 22.7. The zero-order valence-electron chi connectivity index (χ0n) is 82.5. The third-order valence-electron chi connectivity index (χ3n) is 26.0. The molecule has 734 valence electrons. The first-order valence-electron chi connectivity index (χ1n) is 48.2. The monoisotopic (exact) mass is 1930 g/mol. The lowest BCUT2D eigenvalue weighted by molar-refractivity contribution is -0.274. The molecule has 0 bridgehead atoms. The van der Waals surface area contributed by atoms with Gasteiger partial charge >= 0.3 is 6.36 Å². The molecule has 30 heteroatoms. The van der Waals surface area contributed by atoms with E-state index < -0.39 is 6.36 Å². The van der Waals surface area contributed by atoms with Gasteiger partial charge in [-0.05, 0) is 195 Å². The van der Waals surface area contributed by atoms with E-state index in [4.69, 9.17) is 43.9 Å². The summed E-state index contributed by atoms with van der Waals surface area (Å²) in [5.74, 6) is 4.91. The first-order chi connectivity index (χ1) is 70.1. The van der Waals surface area contributed by atoms with E-state index >= 15 is 0 Å². The first kappa shape index (κ1) is 97.7. The molecule has 1 N–H and O–H groups in total. The van der Waals surface area contributed by atoms with Gasteiger partial charge in [-0.15, -0.1) is 13.2 Å². The molecule has 3 fully saturated rings. The van der Waals surface area contributed by atoms with Crippen LogP contribution < -0.4 is 53.5 Å². The molecule has 2 aliphatic carbocycles. The van der Waals surface area contributed by atoms with Crippen LogP contribution in [0.15, 0.2) is 324 Å². The molecular formula is C114H117F3N22O5. The van der Waals surface area contributed by atoms with Gasteiger partial charge in [0.1, 0.15) is 28.7 Å². The number of hydrogen-bond donors (Lipinski definition) is 1. The highest BCUT2D eigenvalue weighted by Crippen LogP contribution is 2.44. The number of aromatic nitrogens is 15. The number of likely N-dealkylation sites (tertiary alicyclic amines) is 1. The SMILES string of the molecule is C=C/C(=C\NC)c1cnc2ccc(N(CC3CC3)c3cccc(OC(F)(F)F)c3)cc2n1.CN(C)c1cccc(N(CC2CC2)c2ccc3ncc(-c4cnn(C)c4)nc3c2)c1.COc1cc(OC)cc(N(CC2CN(Cc3ccccc3)CCC2Cc2ccccc2)c2ccc3ncc(-c4cnn(C)c4)nc3c2)c1.COc1cc(OC)cc(N(CCn2cccc2)c2ccc3ncc(-c4cnn(C)c4)nc3c2)c1. The van der Waals surface area contributed by atoms with Gasteiger partial charge in [0, 0.05) is 241 Å². The number of hydrogen-bond acceptors (Lipinski definition) is 23. The minimum atomic E-state index is -4.74. The molecule has 0 spiro atoms. The molecule has 2 atom stereocenters. The van der Waals surface area contributed by atoms with Crippen LogP contribution in [0.3, 0.4) is 0 Å². The number of methoxy groups -OCH3 is 4. The summed E-state index contributed by atoms with van der Waals surface area (Å²) in [4.78, 5) is 51.9. The minimum absolute atomic E-state index is 0.244. The van der Waals surface area contributed by atoms with Crippen LogP contribution in [0.2, 0.25) is 0 Å². The van der Waals surface area contributed by atoms with Gasteiger partial charge in [-0.2, -0.15) is 15.3 Å². The van der Waals surface area contributed by atoms with Gasteiger partial charge in [0.2, 0.25) is 0 Å². The lowest BCUT2D eigenvalue weighted by Gasteiger charge is -2.41. The molecule has 2 saturated carbocycles. The number of fused-ring (bicyclic) bond motifs is 4. The Hall–Kier alpha value is -16.5. The molecule has 1 saturated heterocycles. The topological polar surface area (TPSA) is 239 Å². The lowest BCUT2D eigenvalue weighted by Crippen LogP contribution is -2.45. The van der Waals surface area contributed by atoms with Crippen molar-refractivity contribution in [3.8, 4) is 62.5 Å². The van der Waals surface area contributed by atoms with Crippen LogP contribution in [0.1, 0.15) is 48.9 Å². The lowest BCUT2D eigenvalue weighted by atomic mass is 9.80. The van der Waals surface area contributed by atoms with E-state index in [-0.39, 0.29) is 5.75 Å². The van der Waals surface area contributed by atoms with Gasteiger partial charge in [-0.3, -0.25) is 38.9 Å². The summed E-state index contributed by atoms with van der Waals surface area (Å²) in [6.07, 6.45) is 28.3. The van der Waals surface area contributed by atoms with E-state index in [0.29, 0.717) is 41.2 Å². The molecule has 144 heavy (non-hydrogen) atoms. The fourth-order valence-electron chi connectivity index (χ4n) is 18.1. The minimum Gasteiger partial charge on any atom is -0.497 e. The quantitative estimate of drug-likeness (QED) is 0.0376. The molecule has 1 aliphatic heterocycles. The number of rotatable bonds is 33. The van der Waals surface area contributed by atoms with E-state index in [1.54, 1.807) is 92.5 Å². The van der Waals surface area contributed by atoms with E-state index in [1.165, 1.54) is 47.5 Å². The Bertz CT molecular complexity index is 7410. The van der Waals surface area contributed by atoms with Gasteiger partial charge in [0.15, 0.2) is 0 Å². The summed E-state index contributed by atoms with van der Waals surface area (Å²) in [6.45, 7) is 11.0. The standard InChI is InChI=1S/C40H42N6O2.C26H26N6O2.C24H23F3N4O.C24H26N6/c1-44-26-32(23-42-44)40-24-41-38-15-14-34(21-39(38)43-40)46(35-19-36(47-2)22-37(20-35)48-3)28-33-27-45(25-30-12-8-5-9-13-30)17-16-31(33)18-29-10-6-4-7-11-29;1-30-18-19(16-28-30)26-17-27-24-7-6-20(14-25(24)29-26)32(11-10-31-8-4-5-9-31)21-12-22(33-2)15-23(13-21)34-3;1-3-17(13-28-2)23-14-29-21-10-9-19(12-22(21)30-23)31(15-16-7-8-16)18-5-4-6-20(11-18)32-24(25,26)27;1-28(2)19-5-4-6-20(11-19)30(15-17-7-8-17)21-9-10-22-23(12-21)27-24(14-25-22)18-13-26-29(3)16-18/h4-15,19-24,26,31,33H,16-18,25,27-28H2,1-3H3;4-9,12-18H,10-11H2,1-3H3;3-6,9-14,16,28H,1,7-8,15H2,2H3;4-6,9-14,16-17H,7-8,15H2,1-3H3/b;;17-13+;. The highest BCUT2D eigenvalue weighted by molar-refractivity contribution is 5.88. The van der Waals surface area contributed by atoms with Crippen molar-refractivity contribution in [1.29, 1.82) is 0 Å². The van der Waals surface area contributed by atoms with E-state index in [9.17, 15) is 13.2 Å². The fourth-order valence-corrected chi connectivity index (χ4v) is 18.1. The summed E-state index contributed by atoms with van der Waals surface area (Å²) >= 11 is 0. The third kappa shape index (κ3) is 24.9. The van der Waals surface area contributed by atoms with Crippen LogP contribution in [-0.2, 0) is 40.7 Å². The molecule has 0 radical (unpaired) electrons. The second-order valence-corrected chi connectivity index (χ2v) is 36.6. The first-order valence-corrected chi connectivity index (χ1v) is 48.2. The van der Waals surface area contributed by atoms with Crippen LogP contribution in [0.25, 0.3) is 83.5 Å². The molecule has 18 aromatic rings. The fraction of sp³-hybridized carbons (Fsp3) is 0.254. The van der Waals surface area contributed by atoms with Crippen molar-refractivity contribution in [3.63, 3.8) is 0 Å². The zero-order valence-corrected chi connectivity index (χ0v) is 82.5. The average Bonchev–Trinajstić information content (AvgIpc) is 1.36. The second-order valence-electron chi connectivity index (χ2n) is 36.6. The number of piperidine rings is 1. The van der Waals surface area contributed by atoms with Crippen molar-refractivity contribution >= 4 is 101 Å². The molecule has 27 nitrogen and oxygen atoms in total. The van der Waals surface area contributed by atoms with Gasteiger partial charge in [-0.25, -0.2) is 19.9 Å². The average molecular weight is 1930 g/mol. The summed E-state index contributed by atoms with van der Waals surface area (Å²) in [6, 6.07) is 77.2. The number of benzene rings is 10. The van der Waals surface area contributed by atoms with Crippen molar-refractivity contribution in [2.24, 2.45) is 44.8 Å².